The molecule has 0 aliphatic carbocycles. The van der Waals surface area contributed by atoms with Gasteiger partial charge < -0.3 is 19.8 Å². The lowest BCUT2D eigenvalue weighted by Gasteiger charge is -2.32. The molecule has 2 heterocycles. The summed E-state index contributed by atoms with van der Waals surface area (Å²) in [5.74, 6) is -0.717. The van der Waals surface area contributed by atoms with Crippen molar-refractivity contribution < 1.29 is 18.8 Å². The van der Waals surface area contributed by atoms with Crippen molar-refractivity contribution in [1.82, 2.24) is 4.98 Å². The van der Waals surface area contributed by atoms with Gasteiger partial charge in [-0.3, -0.25) is 9.78 Å². The minimum atomic E-state index is -0.587. The van der Waals surface area contributed by atoms with Crippen LogP contribution < -0.4 is 5.73 Å². The van der Waals surface area contributed by atoms with Gasteiger partial charge in [-0.2, -0.15) is 0 Å². The van der Waals surface area contributed by atoms with Crippen molar-refractivity contribution in [1.29, 1.82) is 0 Å². The minimum Gasteiger partial charge on any atom is -0.469 e. The summed E-state index contributed by atoms with van der Waals surface area (Å²) in [6.45, 7) is 7.87. The van der Waals surface area contributed by atoms with E-state index < -0.39 is 18.3 Å². The summed E-state index contributed by atoms with van der Waals surface area (Å²) >= 11 is 0. The normalized spacial score (nSPS) is 20.7. The molecule has 2 rings (SSSR count). The maximum absolute atomic E-state index is 11.8. The van der Waals surface area contributed by atoms with Gasteiger partial charge in [-0.1, -0.05) is 0 Å². The first kappa shape index (κ1) is 16.8. The molecule has 120 valence electrons. The number of nitrogen functional groups attached to an aromatic ring is 1. The van der Waals surface area contributed by atoms with Crippen molar-refractivity contribution in [2.24, 2.45) is 0 Å². The molecule has 1 saturated heterocycles. The molecule has 0 aromatic carbocycles. The van der Waals surface area contributed by atoms with Crippen LogP contribution in [-0.2, 0) is 18.8 Å². The highest BCUT2D eigenvalue weighted by Gasteiger charge is 2.54. The van der Waals surface area contributed by atoms with Gasteiger partial charge >= 0.3 is 13.1 Å². The molecule has 2 N–H and O–H groups in total. The molecule has 7 heteroatoms. The molecule has 1 fully saturated rings. The molecule has 0 spiro atoms. The monoisotopic (exact) mass is 306 g/mol. The molecule has 1 aliphatic heterocycles. The first-order chi connectivity index (χ1) is 10.2. The second-order valence-electron chi connectivity index (χ2n) is 6.52. The van der Waals surface area contributed by atoms with Crippen LogP contribution in [0, 0.1) is 0 Å². The maximum Gasteiger partial charge on any atom is 0.466 e. The largest absolute Gasteiger partial charge is 0.469 e. The van der Waals surface area contributed by atoms with E-state index in [4.69, 9.17) is 19.8 Å². The molecule has 0 bridgehead atoms. The van der Waals surface area contributed by atoms with Crippen LogP contribution in [-0.4, -0.2) is 36.4 Å². The van der Waals surface area contributed by atoms with Gasteiger partial charge in [-0.15, -0.1) is 0 Å². The van der Waals surface area contributed by atoms with E-state index in [1.807, 2.05) is 27.7 Å². The zero-order valence-electron chi connectivity index (χ0n) is 13.8. The number of nitrogens with two attached hydrogens (primary N) is 1. The summed E-state index contributed by atoms with van der Waals surface area (Å²) < 4.78 is 16.9. The summed E-state index contributed by atoms with van der Waals surface area (Å²) in [4.78, 5) is 15.9. The van der Waals surface area contributed by atoms with Crippen LogP contribution in [0.1, 0.15) is 45.5 Å². The van der Waals surface area contributed by atoms with Crippen LogP contribution in [0.25, 0.3) is 0 Å². The number of rotatable bonds is 4. The topological polar surface area (TPSA) is 83.7 Å². The summed E-state index contributed by atoms with van der Waals surface area (Å²) in [5.41, 5.74) is 6.35. The number of aromatic nitrogens is 1. The molecule has 0 amide bonds. The molecule has 0 saturated carbocycles. The highest BCUT2D eigenvalue weighted by Crippen LogP contribution is 2.42. The van der Waals surface area contributed by atoms with Crippen LogP contribution in [0.15, 0.2) is 18.5 Å². The van der Waals surface area contributed by atoms with Gasteiger partial charge in [0.15, 0.2) is 0 Å². The lowest BCUT2D eigenvalue weighted by atomic mass is 9.66. The first-order valence-corrected chi connectivity index (χ1v) is 7.30. The quantitative estimate of drug-likeness (QED) is 0.676. The third-order valence-corrected chi connectivity index (χ3v) is 4.50. The van der Waals surface area contributed by atoms with Gasteiger partial charge in [-0.05, 0) is 39.3 Å². The third-order valence-electron chi connectivity index (χ3n) is 4.50. The van der Waals surface area contributed by atoms with E-state index in [0.29, 0.717) is 5.69 Å². The Morgan fingerprint density at radius 1 is 1.36 bits per heavy atom. The number of methoxy groups -OCH3 is 1. The SMILES string of the molecule is COC(=O)CC(B1OC(C)(C)C(C)(C)O1)c1cnccc1N. The summed E-state index contributed by atoms with van der Waals surface area (Å²) in [7, 11) is 0.770. The van der Waals surface area contributed by atoms with Crippen molar-refractivity contribution in [2.75, 3.05) is 12.8 Å². The van der Waals surface area contributed by atoms with Gasteiger partial charge in [0.05, 0.1) is 24.7 Å². The Hall–Kier alpha value is -1.60. The molecule has 1 aromatic rings. The van der Waals surface area contributed by atoms with Gasteiger partial charge in [0.25, 0.3) is 0 Å². The predicted molar refractivity (Wildman–Crippen MR) is 84.1 cm³/mol. The highest BCUT2D eigenvalue weighted by atomic mass is 16.7. The molecule has 1 aromatic heterocycles. The molecule has 1 atom stereocenters. The van der Waals surface area contributed by atoms with Gasteiger partial charge in [0.2, 0.25) is 0 Å². The Bertz CT molecular complexity index is 546. The summed E-state index contributed by atoms with van der Waals surface area (Å²) in [6, 6.07) is 1.70. The number of hydrogen-bond acceptors (Lipinski definition) is 6. The fourth-order valence-electron chi connectivity index (χ4n) is 2.40. The lowest BCUT2D eigenvalue weighted by Crippen LogP contribution is -2.41. The number of anilines is 1. The molecule has 1 unspecified atom stereocenters. The number of carbonyl (C=O) groups excluding carboxylic acids is 1. The Morgan fingerprint density at radius 2 is 1.95 bits per heavy atom. The Morgan fingerprint density at radius 3 is 2.45 bits per heavy atom. The van der Waals surface area contributed by atoms with Crippen molar-refractivity contribution in [3.05, 3.63) is 24.0 Å². The van der Waals surface area contributed by atoms with E-state index in [9.17, 15) is 4.79 Å². The second kappa shape index (κ2) is 5.89. The smallest absolute Gasteiger partial charge is 0.466 e. The van der Waals surface area contributed by atoms with Crippen LogP contribution in [0.5, 0.6) is 0 Å². The van der Waals surface area contributed by atoms with E-state index in [0.717, 1.165) is 5.56 Å². The van der Waals surface area contributed by atoms with Crippen LogP contribution in [0.2, 0.25) is 0 Å². The maximum atomic E-state index is 11.8. The number of esters is 1. The minimum absolute atomic E-state index is 0.114. The number of carbonyl (C=O) groups is 1. The average molecular weight is 306 g/mol. The summed E-state index contributed by atoms with van der Waals surface area (Å²) in [6.07, 6.45) is 3.37. The second-order valence-corrected chi connectivity index (χ2v) is 6.52. The van der Waals surface area contributed by atoms with E-state index in [1.165, 1.54) is 7.11 Å². The lowest BCUT2D eigenvalue weighted by molar-refractivity contribution is -0.140. The Balaban J connectivity index is 2.35. The number of ether oxygens (including phenoxy) is 1. The molecule has 0 radical (unpaired) electrons. The van der Waals surface area contributed by atoms with E-state index in [2.05, 4.69) is 4.98 Å². The van der Waals surface area contributed by atoms with Gasteiger partial charge in [-0.25, -0.2) is 0 Å². The summed E-state index contributed by atoms with van der Waals surface area (Å²) in [5, 5.41) is 0. The molecular formula is C15H23BN2O4. The number of hydrogen-bond donors (Lipinski definition) is 1. The predicted octanol–water partition coefficient (Wildman–Crippen LogP) is 1.94. The fraction of sp³-hybridized carbons (Fsp3) is 0.600. The molecule has 6 nitrogen and oxygen atoms in total. The van der Waals surface area contributed by atoms with Crippen molar-refractivity contribution in [2.45, 2.75) is 51.1 Å². The van der Waals surface area contributed by atoms with Crippen molar-refractivity contribution >= 4 is 18.8 Å². The molecular weight excluding hydrogens is 283 g/mol. The van der Waals surface area contributed by atoms with Crippen molar-refractivity contribution in [3.8, 4) is 0 Å². The highest BCUT2D eigenvalue weighted by molar-refractivity contribution is 6.48. The zero-order valence-corrected chi connectivity index (χ0v) is 13.8. The Labute approximate surface area is 131 Å². The third kappa shape index (κ3) is 3.10. The van der Waals surface area contributed by atoms with E-state index >= 15 is 0 Å². The number of pyridine rings is 1. The molecule has 1 aliphatic rings. The Kier molecular flexibility index (Phi) is 4.49. The first-order valence-electron chi connectivity index (χ1n) is 7.30. The zero-order chi connectivity index (χ0) is 16.5. The molecule has 22 heavy (non-hydrogen) atoms. The average Bonchev–Trinajstić information content (AvgIpc) is 2.65. The van der Waals surface area contributed by atoms with Gasteiger partial charge in [0.1, 0.15) is 0 Å². The standard InChI is InChI=1S/C15H23BN2O4/c1-14(2)15(3,4)22-16(21-14)11(8-13(19)20-5)10-9-18-7-6-12(10)17/h6-7,9,11H,8H2,1-5H3,(H2,17,18). The number of nitrogens with zero attached hydrogens (tertiary/aromatic N) is 1. The van der Waals surface area contributed by atoms with Gasteiger partial charge in [0, 0.05) is 23.9 Å². The van der Waals surface area contributed by atoms with Crippen molar-refractivity contribution in [3.63, 3.8) is 0 Å². The van der Waals surface area contributed by atoms with Crippen LogP contribution in [0.3, 0.4) is 0 Å². The van der Waals surface area contributed by atoms with Crippen LogP contribution in [0.4, 0.5) is 5.69 Å². The van der Waals surface area contributed by atoms with Crippen LogP contribution >= 0.6 is 0 Å². The van der Waals surface area contributed by atoms with E-state index in [1.54, 1.807) is 18.5 Å². The van der Waals surface area contributed by atoms with E-state index in [-0.39, 0.29) is 18.2 Å². The fourth-order valence-corrected chi connectivity index (χ4v) is 2.40.